The second-order valence-electron chi connectivity index (χ2n) is 9.20. The molecule has 3 rings (SSSR count). The SMILES string of the molecule is CC(C)=CC(C)CC(C)=CCc1c(O)c(C)c(C)c2c1CCC1(CCC1)O2. The second kappa shape index (κ2) is 7.73. The number of rotatable bonds is 5. The van der Waals surface area contributed by atoms with E-state index in [0.29, 0.717) is 11.7 Å². The summed E-state index contributed by atoms with van der Waals surface area (Å²) in [5.41, 5.74) is 7.27. The van der Waals surface area contributed by atoms with Crippen LogP contribution < -0.4 is 4.74 Å². The number of hydrogen-bond donors (Lipinski definition) is 1. The molecule has 2 nitrogen and oxygen atoms in total. The van der Waals surface area contributed by atoms with Gasteiger partial charge in [-0.05, 0) is 96.6 Å². The Kier molecular flexibility index (Phi) is 5.74. The van der Waals surface area contributed by atoms with Crippen molar-refractivity contribution in [3.63, 3.8) is 0 Å². The highest BCUT2D eigenvalue weighted by Gasteiger charge is 2.43. The molecule has 1 aromatic carbocycles. The Balaban J connectivity index is 1.85. The van der Waals surface area contributed by atoms with Crippen molar-refractivity contribution in [1.82, 2.24) is 0 Å². The molecule has 1 heterocycles. The van der Waals surface area contributed by atoms with E-state index in [0.717, 1.165) is 48.1 Å². The van der Waals surface area contributed by atoms with Gasteiger partial charge in [-0.25, -0.2) is 0 Å². The molecule has 1 unspecified atom stereocenters. The lowest BCUT2D eigenvalue weighted by Crippen LogP contribution is -2.46. The summed E-state index contributed by atoms with van der Waals surface area (Å²) in [4.78, 5) is 0. The number of ether oxygens (including phenoxy) is 1. The maximum Gasteiger partial charge on any atom is 0.127 e. The zero-order valence-corrected chi connectivity index (χ0v) is 18.0. The van der Waals surface area contributed by atoms with E-state index in [1.165, 1.54) is 36.0 Å². The number of allylic oxidation sites excluding steroid dienone is 4. The van der Waals surface area contributed by atoms with Gasteiger partial charge in [0.15, 0.2) is 0 Å². The number of benzene rings is 1. The third-order valence-corrected chi connectivity index (χ3v) is 6.51. The molecule has 148 valence electrons. The summed E-state index contributed by atoms with van der Waals surface area (Å²) in [7, 11) is 0. The summed E-state index contributed by atoms with van der Waals surface area (Å²) in [6, 6.07) is 0. The highest BCUT2D eigenvalue weighted by molar-refractivity contribution is 5.59. The van der Waals surface area contributed by atoms with Crippen LogP contribution in [0.4, 0.5) is 0 Å². The number of phenolic OH excluding ortho intramolecular Hbond substituents is 1. The minimum Gasteiger partial charge on any atom is -0.507 e. The molecule has 1 aromatic rings. The summed E-state index contributed by atoms with van der Waals surface area (Å²) in [6.45, 7) is 12.9. The summed E-state index contributed by atoms with van der Waals surface area (Å²) in [5.74, 6) is 2.09. The van der Waals surface area contributed by atoms with Crippen LogP contribution in [0.1, 0.15) is 82.1 Å². The van der Waals surface area contributed by atoms with Gasteiger partial charge in [-0.2, -0.15) is 0 Å². The number of fused-ring (bicyclic) bond motifs is 1. The first-order chi connectivity index (χ1) is 12.7. The summed E-state index contributed by atoms with van der Waals surface area (Å²) >= 11 is 0. The Morgan fingerprint density at radius 2 is 1.85 bits per heavy atom. The highest BCUT2D eigenvalue weighted by atomic mass is 16.5. The predicted octanol–water partition coefficient (Wildman–Crippen LogP) is 6.74. The van der Waals surface area contributed by atoms with Gasteiger partial charge in [0.05, 0.1) is 0 Å². The summed E-state index contributed by atoms with van der Waals surface area (Å²) in [5, 5.41) is 10.9. The molecule has 0 bridgehead atoms. The Morgan fingerprint density at radius 3 is 2.44 bits per heavy atom. The predicted molar refractivity (Wildman–Crippen MR) is 114 cm³/mol. The number of hydrogen-bond acceptors (Lipinski definition) is 2. The molecule has 0 radical (unpaired) electrons. The maximum atomic E-state index is 10.9. The lowest BCUT2D eigenvalue weighted by atomic mass is 9.73. The van der Waals surface area contributed by atoms with Crippen molar-refractivity contribution in [1.29, 1.82) is 0 Å². The van der Waals surface area contributed by atoms with E-state index in [-0.39, 0.29) is 5.60 Å². The molecule has 27 heavy (non-hydrogen) atoms. The van der Waals surface area contributed by atoms with Gasteiger partial charge in [0.1, 0.15) is 17.1 Å². The van der Waals surface area contributed by atoms with Crippen molar-refractivity contribution >= 4 is 0 Å². The van der Waals surface area contributed by atoms with Gasteiger partial charge in [-0.3, -0.25) is 0 Å². The summed E-state index contributed by atoms with van der Waals surface area (Å²) < 4.78 is 6.54. The number of phenols is 1. The van der Waals surface area contributed by atoms with Crippen LogP contribution in [0.2, 0.25) is 0 Å². The number of aromatic hydroxyl groups is 1. The summed E-state index contributed by atoms with van der Waals surface area (Å²) in [6.07, 6.45) is 12.3. The first-order valence-corrected chi connectivity index (χ1v) is 10.6. The van der Waals surface area contributed by atoms with Crippen LogP contribution in [0.15, 0.2) is 23.3 Å². The van der Waals surface area contributed by atoms with Crippen LogP contribution in [0.3, 0.4) is 0 Å². The smallest absolute Gasteiger partial charge is 0.127 e. The van der Waals surface area contributed by atoms with Gasteiger partial charge in [-0.1, -0.05) is 30.2 Å². The molecule has 1 aliphatic heterocycles. The van der Waals surface area contributed by atoms with Crippen LogP contribution in [0.25, 0.3) is 0 Å². The molecule has 0 aromatic heterocycles. The topological polar surface area (TPSA) is 29.5 Å². The average Bonchev–Trinajstić information content (AvgIpc) is 2.57. The highest BCUT2D eigenvalue weighted by Crippen LogP contribution is 2.49. The van der Waals surface area contributed by atoms with E-state index in [4.69, 9.17) is 4.74 Å². The Hall–Kier alpha value is -1.70. The Bertz CT molecular complexity index is 774. The zero-order valence-electron chi connectivity index (χ0n) is 18.0. The third-order valence-electron chi connectivity index (χ3n) is 6.51. The molecular weight excluding hydrogens is 332 g/mol. The first kappa shape index (κ1) is 20.0. The fourth-order valence-corrected chi connectivity index (χ4v) is 4.74. The monoisotopic (exact) mass is 368 g/mol. The van der Waals surface area contributed by atoms with Gasteiger partial charge in [-0.15, -0.1) is 0 Å². The van der Waals surface area contributed by atoms with Crippen molar-refractivity contribution < 1.29 is 9.84 Å². The lowest BCUT2D eigenvalue weighted by molar-refractivity contribution is -0.0258. The average molecular weight is 369 g/mol. The molecule has 1 N–H and O–H groups in total. The first-order valence-electron chi connectivity index (χ1n) is 10.6. The minimum absolute atomic E-state index is 0.0873. The van der Waals surface area contributed by atoms with E-state index < -0.39 is 0 Å². The fourth-order valence-electron chi connectivity index (χ4n) is 4.74. The van der Waals surface area contributed by atoms with Gasteiger partial charge in [0.25, 0.3) is 0 Å². The standard InChI is InChI=1S/C25H36O2/c1-16(2)14-18(4)15-17(3)8-9-21-22-10-13-25(11-7-12-25)27-24(22)20(6)19(5)23(21)26/h8,14,18,26H,7,9-13,15H2,1-6H3. The molecule has 2 heteroatoms. The fraction of sp³-hybridized carbons (Fsp3) is 0.600. The van der Waals surface area contributed by atoms with E-state index in [2.05, 4.69) is 46.8 Å². The van der Waals surface area contributed by atoms with Crippen molar-refractivity contribution in [3.05, 3.63) is 45.6 Å². The van der Waals surface area contributed by atoms with Crippen LogP contribution in [-0.4, -0.2) is 10.7 Å². The van der Waals surface area contributed by atoms with Gasteiger partial charge in [0, 0.05) is 11.1 Å². The Labute approximate surface area is 165 Å². The molecule has 0 saturated heterocycles. The van der Waals surface area contributed by atoms with E-state index in [1.54, 1.807) is 0 Å². The van der Waals surface area contributed by atoms with E-state index in [9.17, 15) is 5.11 Å². The van der Waals surface area contributed by atoms with Gasteiger partial charge < -0.3 is 9.84 Å². The molecule has 1 spiro atoms. The van der Waals surface area contributed by atoms with Crippen molar-refractivity contribution in [2.24, 2.45) is 5.92 Å². The second-order valence-corrected chi connectivity index (χ2v) is 9.20. The molecule has 1 aliphatic carbocycles. The molecule has 1 fully saturated rings. The minimum atomic E-state index is 0.0873. The van der Waals surface area contributed by atoms with Crippen LogP contribution in [0, 0.1) is 19.8 Å². The molecular formula is C25H36O2. The molecule has 1 atom stereocenters. The van der Waals surface area contributed by atoms with E-state index >= 15 is 0 Å². The lowest BCUT2D eigenvalue weighted by Gasteiger charge is -2.46. The molecule has 2 aliphatic rings. The van der Waals surface area contributed by atoms with Gasteiger partial charge in [0.2, 0.25) is 0 Å². The maximum absolute atomic E-state index is 10.9. The van der Waals surface area contributed by atoms with Gasteiger partial charge >= 0.3 is 0 Å². The van der Waals surface area contributed by atoms with E-state index in [1.807, 2.05) is 6.92 Å². The van der Waals surface area contributed by atoms with Crippen molar-refractivity contribution in [2.75, 3.05) is 0 Å². The molecule has 1 saturated carbocycles. The zero-order chi connectivity index (χ0) is 19.8. The third kappa shape index (κ3) is 4.10. The van der Waals surface area contributed by atoms with Crippen LogP contribution in [0.5, 0.6) is 11.5 Å². The Morgan fingerprint density at radius 1 is 1.15 bits per heavy atom. The van der Waals surface area contributed by atoms with Crippen LogP contribution >= 0.6 is 0 Å². The quantitative estimate of drug-likeness (QED) is 0.583. The van der Waals surface area contributed by atoms with Crippen LogP contribution in [-0.2, 0) is 12.8 Å². The van der Waals surface area contributed by atoms with Crippen molar-refractivity contribution in [2.45, 2.75) is 92.1 Å². The largest absolute Gasteiger partial charge is 0.507 e. The normalized spacial score (nSPS) is 19.1. The molecule has 0 amide bonds. The van der Waals surface area contributed by atoms with Crippen molar-refractivity contribution in [3.8, 4) is 11.5 Å².